The van der Waals surface area contributed by atoms with Crippen molar-refractivity contribution in [3.8, 4) is 0 Å². The molecule has 1 rings (SSSR count). The summed E-state index contributed by atoms with van der Waals surface area (Å²) in [6.45, 7) is 6.99. The maximum atomic E-state index is 11.8. The van der Waals surface area contributed by atoms with Crippen molar-refractivity contribution in [2.75, 3.05) is 19.6 Å². The summed E-state index contributed by atoms with van der Waals surface area (Å²) in [5.74, 6) is 0.211. The van der Waals surface area contributed by atoms with Gasteiger partial charge in [-0.2, -0.15) is 0 Å². The first-order valence-corrected chi connectivity index (χ1v) is 6.59. The van der Waals surface area contributed by atoms with Crippen molar-refractivity contribution < 1.29 is 9.59 Å². The molecule has 0 aromatic carbocycles. The summed E-state index contributed by atoms with van der Waals surface area (Å²) in [7, 11) is 0. The van der Waals surface area contributed by atoms with Crippen molar-refractivity contribution in [3.05, 3.63) is 0 Å². The van der Waals surface area contributed by atoms with Gasteiger partial charge in [0, 0.05) is 12.1 Å². The highest BCUT2D eigenvalue weighted by Crippen LogP contribution is 2.25. The number of nitrogens with zero attached hydrogens (tertiary/aromatic N) is 1. The Morgan fingerprint density at radius 2 is 1.89 bits per heavy atom. The molecule has 5 heteroatoms. The highest BCUT2D eigenvalue weighted by Gasteiger charge is 2.25. The third-order valence-electron chi connectivity index (χ3n) is 3.44. The normalized spacial score (nSPS) is 16.4. The second-order valence-electron chi connectivity index (χ2n) is 6.09. The Morgan fingerprint density at radius 1 is 1.28 bits per heavy atom. The van der Waals surface area contributed by atoms with Crippen LogP contribution in [-0.4, -0.2) is 41.9 Å². The van der Waals surface area contributed by atoms with Gasteiger partial charge in [0.2, 0.25) is 11.8 Å². The minimum absolute atomic E-state index is 0.0296. The molecule has 0 atom stereocenters. The van der Waals surface area contributed by atoms with Crippen LogP contribution in [0.2, 0.25) is 0 Å². The van der Waals surface area contributed by atoms with Crippen molar-refractivity contribution in [1.29, 1.82) is 0 Å². The molecule has 0 spiro atoms. The molecule has 1 fully saturated rings. The summed E-state index contributed by atoms with van der Waals surface area (Å²) in [6, 6.07) is 0. The van der Waals surface area contributed by atoms with Crippen LogP contribution >= 0.6 is 0 Å². The zero-order valence-corrected chi connectivity index (χ0v) is 11.7. The van der Waals surface area contributed by atoms with Gasteiger partial charge in [0.1, 0.15) is 0 Å². The highest BCUT2D eigenvalue weighted by molar-refractivity contribution is 5.80. The summed E-state index contributed by atoms with van der Waals surface area (Å²) in [5.41, 5.74) is 4.96. The summed E-state index contributed by atoms with van der Waals surface area (Å²) in [4.78, 5) is 24.6. The Kier molecular flexibility index (Phi) is 5.14. The minimum Gasteiger partial charge on any atom is -0.369 e. The summed E-state index contributed by atoms with van der Waals surface area (Å²) >= 11 is 0. The molecule has 0 radical (unpaired) electrons. The van der Waals surface area contributed by atoms with E-state index < -0.39 is 5.91 Å². The van der Waals surface area contributed by atoms with Crippen molar-refractivity contribution >= 4 is 11.8 Å². The molecule has 18 heavy (non-hydrogen) atoms. The fraction of sp³-hybridized carbons (Fsp3) is 0.846. The molecule has 5 nitrogen and oxygen atoms in total. The molecule has 2 amide bonds. The molecule has 1 aliphatic carbocycles. The average Bonchev–Trinajstić information content (AvgIpc) is 2.11. The zero-order chi connectivity index (χ0) is 13.8. The molecule has 0 aromatic heterocycles. The number of carbonyl (C=O) groups is 2. The summed E-state index contributed by atoms with van der Waals surface area (Å²) in [5, 5.41) is 2.93. The summed E-state index contributed by atoms with van der Waals surface area (Å²) < 4.78 is 0. The molecule has 104 valence electrons. The quantitative estimate of drug-likeness (QED) is 0.725. The number of hydrogen-bond acceptors (Lipinski definition) is 3. The minimum atomic E-state index is -0.406. The Labute approximate surface area is 109 Å². The standard InChI is InChI=1S/C13H25N3O2/c1-13(2,3)16(8-11(14)17)9-12(18)15-7-10-5-4-6-10/h10H,4-9H2,1-3H3,(H2,14,17)(H,15,18). The molecular weight excluding hydrogens is 230 g/mol. The third-order valence-corrected chi connectivity index (χ3v) is 3.44. The summed E-state index contributed by atoms with van der Waals surface area (Å²) in [6.07, 6.45) is 3.70. The molecule has 1 saturated carbocycles. The van der Waals surface area contributed by atoms with E-state index >= 15 is 0 Å². The van der Waals surface area contributed by atoms with Gasteiger partial charge >= 0.3 is 0 Å². The fourth-order valence-corrected chi connectivity index (χ4v) is 1.90. The lowest BCUT2D eigenvalue weighted by atomic mass is 9.85. The van der Waals surface area contributed by atoms with E-state index in [0.717, 1.165) is 6.54 Å². The van der Waals surface area contributed by atoms with Crippen LogP contribution in [0.25, 0.3) is 0 Å². The molecule has 0 aromatic rings. The predicted octanol–water partition coefficient (Wildman–Crippen LogP) is 0.489. The van der Waals surface area contributed by atoms with Crippen LogP contribution in [0.1, 0.15) is 40.0 Å². The van der Waals surface area contributed by atoms with Crippen molar-refractivity contribution in [3.63, 3.8) is 0 Å². The lowest BCUT2D eigenvalue weighted by Gasteiger charge is -2.34. The number of primary amides is 1. The van der Waals surface area contributed by atoms with E-state index in [1.165, 1.54) is 19.3 Å². The Morgan fingerprint density at radius 3 is 2.28 bits per heavy atom. The van der Waals surface area contributed by atoms with E-state index in [-0.39, 0.29) is 24.5 Å². The fourth-order valence-electron chi connectivity index (χ4n) is 1.90. The maximum Gasteiger partial charge on any atom is 0.234 e. The largest absolute Gasteiger partial charge is 0.369 e. The maximum absolute atomic E-state index is 11.8. The van der Waals surface area contributed by atoms with Gasteiger partial charge < -0.3 is 11.1 Å². The molecular formula is C13H25N3O2. The van der Waals surface area contributed by atoms with Crippen LogP contribution in [-0.2, 0) is 9.59 Å². The highest BCUT2D eigenvalue weighted by atomic mass is 16.2. The number of nitrogens with two attached hydrogens (primary N) is 1. The number of rotatable bonds is 6. The van der Waals surface area contributed by atoms with E-state index in [1.807, 2.05) is 20.8 Å². The van der Waals surface area contributed by atoms with E-state index in [2.05, 4.69) is 5.32 Å². The van der Waals surface area contributed by atoms with Gasteiger partial charge in [-0.05, 0) is 39.5 Å². The van der Waals surface area contributed by atoms with Crippen LogP contribution in [0.4, 0.5) is 0 Å². The van der Waals surface area contributed by atoms with Crippen LogP contribution < -0.4 is 11.1 Å². The molecule has 0 bridgehead atoms. The van der Waals surface area contributed by atoms with Crippen molar-refractivity contribution in [2.24, 2.45) is 11.7 Å². The molecule has 1 aliphatic rings. The number of amides is 2. The molecule has 0 heterocycles. The Balaban J connectivity index is 2.38. The second-order valence-corrected chi connectivity index (χ2v) is 6.09. The van der Waals surface area contributed by atoms with E-state index in [0.29, 0.717) is 5.92 Å². The Hall–Kier alpha value is -1.10. The van der Waals surface area contributed by atoms with E-state index in [1.54, 1.807) is 4.90 Å². The number of carbonyl (C=O) groups excluding carboxylic acids is 2. The van der Waals surface area contributed by atoms with Gasteiger partial charge in [-0.15, -0.1) is 0 Å². The van der Waals surface area contributed by atoms with Gasteiger partial charge in [0.25, 0.3) is 0 Å². The average molecular weight is 255 g/mol. The monoisotopic (exact) mass is 255 g/mol. The third kappa shape index (κ3) is 5.04. The van der Waals surface area contributed by atoms with Gasteiger partial charge in [-0.1, -0.05) is 6.42 Å². The molecule has 0 aliphatic heterocycles. The van der Waals surface area contributed by atoms with Crippen LogP contribution in [0, 0.1) is 5.92 Å². The van der Waals surface area contributed by atoms with Gasteiger partial charge in [0.15, 0.2) is 0 Å². The SMILES string of the molecule is CC(C)(C)N(CC(N)=O)CC(=O)NCC1CCC1. The number of nitrogens with one attached hydrogen (secondary N) is 1. The first-order chi connectivity index (χ1) is 8.29. The second kappa shape index (κ2) is 6.18. The van der Waals surface area contributed by atoms with Crippen LogP contribution in [0.15, 0.2) is 0 Å². The first-order valence-electron chi connectivity index (χ1n) is 6.59. The Bertz CT molecular complexity index is 306. The molecule has 0 saturated heterocycles. The van der Waals surface area contributed by atoms with Crippen molar-refractivity contribution in [2.45, 2.75) is 45.6 Å². The van der Waals surface area contributed by atoms with Gasteiger partial charge in [0.05, 0.1) is 13.1 Å². The van der Waals surface area contributed by atoms with Gasteiger partial charge in [-0.25, -0.2) is 0 Å². The van der Waals surface area contributed by atoms with E-state index in [9.17, 15) is 9.59 Å². The smallest absolute Gasteiger partial charge is 0.234 e. The van der Waals surface area contributed by atoms with Gasteiger partial charge in [-0.3, -0.25) is 14.5 Å². The lowest BCUT2D eigenvalue weighted by molar-refractivity contribution is -0.126. The van der Waals surface area contributed by atoms with Crippen molar-refractivity contribution in [1.82, 2.24) is 10.2 Å². The van der Waals surface area contributed by atoms with Crippen LogP contribution in [0.5, 0.6) is 0 Å². The first kappa shape index (κ1) is 15.0. The van der Waals surface area contributed by atoms with Crippen LogP contribution in [0.3, 0.4) is 0 Å². The topological polar surface area (TPSA) is 75.4 Å². The molecule has 3 N–H and O–H groups in total. The zero-order valence-electron chi connectivity index (χ0n) is 11.7. The van der Waals surface area contributed by atoms with E-state index in [4.69, 9.17) is 5.73 Å². The predicted molar refractivity (Wildman–Crippen MR) is 70.9 cm³/mol. The number of hydrogen-bond donors (Lipinski definition) is 2. The lowest BCUT2D eigenvalue weighted by Crippen LogP contribution is -2.51. The molecule has 0 unspecified atom stereocenters.